The number of hydrogen-bond acceptors (Lipinski definition) is 4. The third-order valence-corrected chi connectivity index (χ3v) is 4.42. The van der Waals surface area contributed by atoms with E-state index >= 15 is 0 Å². The molecule has 0 fully saturated rings. The normalized spacial score (nSPS) is 12.2. The Morgan fingerprint density at radius 3 is 2.52 bits per heavy atom. The van der Waals surface area contributed by atoms with E-state index < -0.39 is 0 Å². The molecular formula is C16H20N2O2S. The van der Waals surface area contributed by atoms with Gasteiger partial charge in [-0.1, -0.05) is 12.1 Å². The quantitative estimate of drug-likeness (QED) is 0.795. The molecule has 21 heavy (non-hydrogen) atoms. The number of ether oxygens (including phenoxy) is 1. The molecule has 0 saturated heterocycles. The average molecular weight is 304 g/mol. The highest BCUT2D eigenvalue weighted by Crippen LogP contribution is 2.20. The van der Waals surface area contributed by atoms with E-state index in [0.29, 0.717) is 0 Å². The largest absolute Gasteiger partial charge is 0.468 e. The first-order valence-corrected chi connectivity index (χ1v) is 7.88. The highest BCUT2D eigenvalue weighted by atomic mass is 32.2. The Morgan fingerprint density at radius 2 is 2.00 bits per heavy atom. The summed E-state index contributed by atoms with van der Waals surface area (Å²) in [6.45, 7) is 5.89. The van der Waals surface area contributed by atoms with Crippen molar-refractivity contribution in [2.45, 2.75) is 31.8 Å². The summed E-state index contributed by atoms with van der Waals surface area (Å²) in [7, 11) is 1.42. The number of esters is 1. The zero-order chi connectivity index (χ0) is 15.4. The Hall–Kier alpha value is -1.75. The Bertz CT molecular complexity index is 620. The van der Waals surface area contributed by atoms with Crippen molar-refractivity contribution in [1.29, 1.82) is 0 Å². The second kappa shape index (κ2) is 6.80. The smallest absolute Gasteiger partial charge is 0.318 e. The van der Waals surface area contributed by atoms with Crippen LogP contribution in [0.15, 0.2) is 30.3 Å². The fourth-order valence-electron chi connectivity index (χ4n) is 2.08. The summed E-state index contributed by atoms with van der Waals surface area (Å²) in [5.41, 5.74) is 4.37. The summed E-state index contributed by atoms with van der Waals surface area (Å²) < 4.78 is 6.66. The minimum absolute atomic E-state index is 0.148. The van der Waals surface area contributed by atoms with Gasteiger partial charge >= 0.3 is 5.97 Å². The second-order valence-corrected chi connectivity index (χ2v) is 6.31. The summed E-state index contributed by atoms with van der Waals surface area (Å²) in [5, 5.41) is 4.32. The lowest BCUT2D eigenvalue weighted by atomic mass is 10.2. The zero-order valence-electron chi connectivity index (χ0n) is 12.8. The van der Waals surface area contributed by atoms with E-state index in [9.17, 15) is 4.79 Å². The number of carbonyl (C=O) groups is 1. The minimum atomic E-state index is -0.181. The average Bonchev–Trinajstić information content (AvgIpc) is 2.83. The van der Waals surface area contributed by atoms with Crippen molar-refractivity contribution in [2.75, 3.05) is 7.11 Å². The van der Waals surface area contributed by atoms with Gasteiger partial charge in [-0.3, -0.25) is 4.79 Å². The standard InChI is InChI=1S/C16H20N2O2S/c1-11-9-12(2)18(17-11)15-7-5-14(6-8-15)10-21-13(3)16(19)20-4/h5-9,13H,10H2,1-4H3/t13-/m1/s1. The molecule has 0 aliphatic rings. The number of nitrogens with zero attached hydrogens (tertiary/aromatic N) is 2. The van der Waals surface area contributed by atoms with Gasteiger partial charge in [0.2, 0.25) is 0 Å². The third kappa shape index (κ3) is 3.88. The molecule has 4 nitrogen and oxygen atoms in total. The molecule has 0 unspecified atom stereocenters. The SMILES string of the molecule is COC(=O)[C@@H](C)SCc1ccc(-n2nc(C)cc2C)cc1. The molecule has 0 amide bonds. The first-order valence-electron chi connectivity index (χ1n) is 6.83. The van der Waals surface area contributed by atoms with Gasteiger partial charge < -0.3 is 4.74 Å². The first kappa shape index (κ1) is 15.6. The van der Waals surface area contributed by atoms with E-state index in [0.717, 1.165) is 22.8 Å². The van der Waals surface area contributed by atoms with Crippen LogP contribution in [0.2, 0.25) is 0 Å². The monoisotopic (exact) mass is 304 g/mol. The van der Waals surface area contributed by atoms with Crippen LogP contribution in [0, 0.1) is 13.8 Å². The van der Waals surface area contributed by atoms with E-state index in [4.69, 9.17) is 4.74 Å². The molecule has 0 spiro atoms. The molecule has 2 rings (SSSR count). The molecule has 0 aliphatic carbocycles. The van der Waals surface area contributed by atoms with E-state index in [1.807, 2.05) is 25.5 Å². The van der Waals surface area contributed by atoms with Crippen molar-refractivity contribution in [2.24, 2.45) is 0 Å². The fourth-order valence-corrected chi connectivity index (χ4v) is 2.95. The molecule has 0 aliphatic heterocycles. The minimum Gasteiger partial charge on any atom is -0.468 e. The topological polar surface area (TPSA) is 44.1 Å². The number of hydrogen-bond donors (Lipinski definition) is 0. The van der Waals surface area contributed by atoms with E-state index in [-0.39, 0.29) is 11.2 Å². The highest BCUT2D eigenvalue weighted by Gasteiger charge is 2.13. The van der Waals surface area contributed by atoms with Gasteiger partial charge in [-0.15, -0.1) is 11.8 Å². The van der Waals surface area contributed by atoms with Crippen LogP contribution in [0.1, 0.15) is 23.9 Å². The van der Waals surface area contributed by atoms with Crippen LogP contribution >= 0.6 is 11.8 Å². The molecule has 5 heteroatoms. The predicted octanol–water partition coefficient (Wildman–Crippen LogP) is 3.28. The summed E-state index contributed by atoms with van der Waals surface area (Å²) in [6, 6.07) is 10.3. The van der Waals surface area contributed by atoms with Gasteiger partial charge in [-0.25, -0.2) is 4.68 Å². The third-order valence-electron chi connectivity index (χ3n) is 3.22. The number of carbonyl (C=O) groups excluding carboxylic acids is 1. The van der Waals surface area contributed by atoms with E-state index in [1.165, 1.54) is 12.7 Å². The maximum atomic E-state index is 11.4. The summed E-state index contributed by atoms with van der Waals surface area (Å²) in [5.74, 6) is 0.604. The summed E-state index contributed by atoms with van der Waals surface area (Å²) in [4.78, 5) is 11.4. The lowest BCUT2D eigenvalue weighted by Crippen LogP contribution is -2.14. The molecule has 1 atom stereocenters. The van der Waals surface area contributed by atoms with Gasteiger partial charge in [-0.2, -0.15) is 5.10 Å². The van der Waals surface area contributed by atoms with Gasteiger partial charge in [0.25, 0.3) is 0 Å². The Balaban J connectivity index is 2.02. The van der Waals surface area contributed by atoms with Crippen LogP contribution in [0.4, 0.5) is 0 Å². The highest BCUT2D eigenvalue weighted by molar-refractivity contribution is 7.99. The predicted molar refractivity (Wildman–Crippen MR) is 85.8 cm³/mol. The van der Waals surface area contributed by atoms with Crippen molar-refractivity contribution in [3.05, 3.63) is 47.3 Å². The van der Waals surface area contributed by atoms with Crippen LogP contribution in [-0.2, 0) is 15.3 Å². The number of methoxy groups -OCH3 is 1. The number of aromatic nitrogens is 2. The second-order valence-electron chi connectivity index (χ2n) is 4.98. The molecule has 0 bridgehead atoms. The Kier molecular flexibility index (Phi) is 5.07. The van der Waals surface area contributed by atoms with Gasteiger partial charge in [0.15, 0.2) is 0 Å². The van der Waals surface area contributed by atoms with Crippen LogP contribution in [0.3, 0.4) is 0 Å². The maximum absolute atomic E-state index is 11.4. The number of aryl methyl sites for hydroxylation is 2. The maximum Gasteiger partial charge on any atom is 0.318 e. The summed E-state index contributed by atoms with van der Waals surface area (Å²) >= 11 is 1.57. The number of rotatable bonds is 5. The van der Waals surface area contributed by atoms with Crippen molar-refractivity contribution < 1.29 is 9.53 Å². The Morgan fingerprint density at radius 1 is 1.33 bits per heavy atom. The first-order chi connectivity index (χ1) is 10.0. The van der Waals surface area contributed by atoms with Gasteiger partial charge in [0.1, 0.15) is 0 Å². The van der Waals surface area contributed by atoms with Crippen molar-refractivity contribution in [3.8, 4) is 5.69 Å². The lowest BCUT2D eigenvalue weighted by molar-refractivity contribution is -0.139. The van der Waals surface area contributed by atoms with Crippen molar-refractivity contribution in [3.63, 3.8) is 0 Å². The zero-order valence-corrected chi connectivity index (χ0v) is 13.6. The van der Waals surface area contributed by atoms with Crippen LogP contribution < -0.4 is 0 Å². The van der Waals surface area contributed by atoms with Gasteiger partial charge in [-0.05, 0) is 44.5 Å². The molecule has 1 heterocycles. The molecule has 112 valence electrons. The van der Waals surface area contributed by atoms with Gasteiger partial charge in [0, 0.05) is 11.4 Å². The molecule has 0 radical (unpaired) electrons. The number of thioether (sulfide) groups is 1. The molecule has 0 saturated carbocycles. The summed E-state index contributed by atoms with van der Waals surface area (Å²) in [6.07, 6.45) is 0. The fraction of sp³-hybridized carbons (Fsp3) is 0.375. The van der Waals surface area contributed by atoms with Crippen molar-refractivity contribution >= 4 is 17.7 Å². The van der Waals surface area contributed by atoms with Crippen LogP contribution in [0.25, 0.3) is 5.69 Å². The molecule has 0 N–H and O–H groups in total. The Labute approximate surface area is 129 Å². The molecule has 2 aromatic rings. The van der Waals surface area contributed by atoms with E-state index in [1.54, 1.807) is 11.8 Å². The lowest BCUT2D eigenvalue weighted by Gasteiger charge is -2.09. The van der Waals surface area contributed by atoms with Crippen molar-refractivity contribution in [1.82, 2.24) is 9.78 Å². The molecule has 1 aromatic carbocycles. The van der Waals surface area contributed by atoms with Crippen LogP contribution in [0.5, 0.6) is 0 Å². The van der Waals surface area contributed by atoms with Crippen LogP contribution in [-0.4, -0.2) is 28.1 Å². The molecular weight excluding hydrogens is 284 g/mol. The number of benzene rings is 1. The van der Waals surface area contributed by atoms with Gasteiger partial charge in [0.05, 0.1) is 23.7 Å². The molecule has 1 aromatic heterocycles. The van der Waals surface area contributed by atoms with E-state index in [2.05, 4.69) is 35.4 Å².